The Labute approximate surface area is 128 Å². The summed E-state index contributed by atoms with van der Waals surface area (Å²) in [5.74, 6) is 0. The molecule has 0 spiro atoms. The Hall–Kier alpha value is -0.570. The van der Waals surface area contributed by atoms with Crippen LogP contribution in [0.15, 0.2) is 17.0 Å². The largest absolute Gasteiger partial charge is 0.399 e. The Morgan fingerprint density at radius 2 is 1.90 bits per heavy atom. The molecule has 20 heavy (non-hydrogen) atoms. The quantitative estimate of drug-likeness (QED) is 0.757. The van der Waals surface area contributed by atoms with Crippen molar-refractivity contribution in [1.82, 2.24) is 4.31 Å². The molecule has 3 N–H and O–H groups in total. The molecule has 1 aromatic rings. The Morgan fingerprint density at radius 1 is 1.40 bits per heavy atom. The van der Waals surface area contributed by atoms with Gasteiger partial charge in [-0.3, -0.25) is 0 Å². The molecular formula is C11H16Cl2N2O4S. The van der Waals surface area contributed by atoms with Crippen LogP contribution in [0.4, 0.5) is 5.69 Å². The molecule has 1 aromatic carbocycles. The van der Waals surface area contributed by atoms with Gasteiger partial charge in [-0.05, 0) is 12.1 Å². The average Bonchev–Trinajstić information content (AvgIpc) is 2.26. The number of nitrogens with two attached hydrogens (primary N) is 1. The van der Waals surface area contributed by atoms with Crippen molar-refractivity contribution in [1.29, 1.82) is 0 Å². The van der Waals surface area contributed by atoms with E-state index in [4.69, 9.17) is 33.7 Å². The van der Waals surface area contributed by atoms with E-state index < -0.39 is 16.1 Å². The number of anilines is 1. The summed E-state index contributed by atoms with van der Waals surface area (Å²) < 4.78 is 30.5. The molecule has 1 atom stereocenters. The van der Waals surface area contributed by atoms with Crippen LogP contribution < -0.4 is 5.73 Å². The lowest BCUT2D eigenvalue weighted by molar-refractivity contribution is 0.0554. The molecule has 6 nitrogen and oxygen atoms in total. The predicted molar refractivity (Wildman–Crippen MR) is 78.6 cm³/mol. The molecule has 114 valence electrons. The van der Waals surface area contributed by atoms with Gasteiger partial charge in [-0.15, -0.1) is 0 Å². The summed E-state index contributed by atoms with van der Waals surface area (Å²) in [6.07, 6.45) is -0.953. The molecule has 0 heterocycles. The molecule has 0 aliphatic carbocycles. The van der Waals surface area contributed by atoms with E-state index in [0.717, 1.165) is 4.31 Å². The van der Waals surface area contributed by atoms with Crippen LogP contribution in [0.5, 0.6) is 0 Å². The fraction of sp³-hybridized carbons (Fsp3) is 0.455. The van der Waals surface area contributed by atoms with E-state index in [-0.39, 0.29) is 33.8 Å². The van der Waals surface area contributed by atoms with Crippen LogP contribution in [0.25, 0.3) is 0 Å². The third-order valence-electron chi connectivity index (χ3n) is 2.52. The molecule has 0 saturated heterocycles. The number of halogens is 2. The summed E-state index contributed by atoms with van der Waals surface area (Å²) in [5, 5.41) is 9.46. The summed E-state index contributed by atoms with van der Waals surface area (Å²) in [7, 11) is -1.21. The van der Waals surface area contributed by atoms with Crippen LogP contribution in [-0.4, -0.2) is 51.2 Å². The standard InChI is InChI=1S/C11H16Cl2N2O4S/c1-15(5-8(16)6-19-2)20(17,18)11-9(12)3-7(14)4-10(11)13/h3-4,8,16H,5-6,14H2,1-2H3. The molecule has 0 saturated carbocycles. The van der Waals surface area contributed by atoms with Gasteiger partial charge in [0.15, 0.2) is 0 Å². The van der Waals surface area contributed by atoms with Gasteiger partial charge in [0.1, 0.15) is 4.90 Å². The Bertz CT molecular complexity index is 557. The first-order valence-electron chi connectivity index (χ1n) is 5.58. The number of rotatable bonds is 6. The summed E-state index contributed by atoms with van der Waals surface area (Å²) in [6, 6.07) is 2.61. The van der Waals surface area contributed by atoms with Gasteiger partial charge in [0, 0.05) is 26.4 Å². The van der Waals surface area contributed by atoms with E-state index >= 15 is 0 Å². The molecule has 0 aliphatic rings. The first-order valence-corrected chi connectivity index (χ1v) is 7.77. The van der Waals surface area contributed by atoms with Gasteiger partial charge in [0.25, 0.3) is 0 Å². The molecular weight excluding hydrogens is 327 g/mol. The second-order valence-electron chi connectivity index (χ2n) is 4.21. The molecule has 0 radical (unpaired) electrons. The minimum absolute atomic E-state index is 0.0169. The Kier molecular flexibility index (Phi) is 6.06. The highest BCUT2D eigenvalue weighted by molar-refractivity contribution is 7.89. The molecule has 9 heteroatoms. The summed E-state index contributed by atoms with van der Waals surface area (Å²) in [5.41, 5.74) is 5.80. The van der Waals surface area contributed by atoms with Crippen LogP contribution >= 0.6 is 23.2 Å². The molecule has 1 unspecified atom stereocenters. The van der Waals surface area contributed by atoms with Crippen LogP contribution in [0.3, 0.4) is 0 Å². The fourth-order valence-corrected chi connectivity index (χ4v) is 4.00. The Morgan fingerprint density at radius 3 is 2.35 bits per heavy atom. The van der Waals surface area contributed by atoms with Crippen molar-refractivity contribution in [2.75, 3.05) is 33.0 Å². The fourth-order valence-electron chi connectivity index (χ4n) is 1.62. The summed E-state index contributed by atoms with van der Waals surface area (Å²) in [4.78, 5) is -0.234. The average molecular weight is 343 g/mol. The van der Waals surface area contributed by atoms with Crippen molar-refractivity contribution < 1.29 is 18.3 Å². The number of methoxy groups -OCH3 is 1. The minimum atomic E-state index is -3.93. The number of nitrogen functional groups attached to an aromatic ring is 1. The first kappa shape index (κ1) is 17.5. The van der Waals surface area contributed by atoms with Gasteiger partial charge in [0.2, 0.25) is 10.0 Å². The third-order valence-corrected chi connectivity index (χ3v) is 5.26. The second-order valence-corrected chi connectivity index (χ2v) is 7.00. The highest BCUT2D eigenvalue weighted by Gasteiger charge is 2.28. The van der Waals surface area contributed by atoms with E-state index in [2.05, 4.69) is 0 Å². The number of hydrogen-bond donors (Lipinski definition) is 2. The number of aliphatic hydroxyl groups excluding tert-OH is 1. The lowest BCUT2D eigenvalue weighted by Gasteiger charge is -2.21. The maximum atomic E-state index is 12.4. The molecule has 1 rings (SSSR count). The van der Waals surface area contributed by atoms with Crippen LogP contribution in [0.2, 0.25) is 10.0 Å². The van der Waals surface area contributed by atoms with Crippen molar-refractivity contribution >= 4 is 38.9 Å². The first-order chi connectivity index (χ1) is 9.20. The zero-order valence-corrected chi connectivity index (χ0v) is 13.3. The minimum Gasteiger partial charge on any atom is -0.399 e. The van der Waals surface area contributed by atoms with Crippen molar-refractivity contribution in [3.8, 4) is 0 Å². The number of nitrogens with zero attached hydrogens (tertiary/aromatic N) is 1. The number of ether oxygens (including phenoxy) is 1. The van der Waals surface area contributed by atoms with Crippen LogP contribution in [-0.2, 0) is 14.8 Å². The normalized spacial score (nSPS) is 13.7. The smallest absolute Gasteiger partial charge is 0.245 e. The second kappa shape index (κ2) is 6.93. The predicted octanol–water partition coefficient (Wildman–Crippen LogP) is 1.20. The number of likely N-dealkylation sites (N-methyl/N-ethyl adjacent to an activating group) is 1. The molecule has 0 aromatic heterocycles. The van der Waals surface area contributed by atoms with E-state index in [9.17, 15) is 13.5 Å². The van der Waals surface area contributed by atoms with E-state index in [1.165, 1.54) is 26.3 Å². The van der Waals surface area contributed by atoms with Gasteiger partial charge >= 0.3 is 0 Å². The van der Waals surface area contributed by atoms with Crippen molar-refractivity contribution in [2.45, 2.75) is 11.0 Å². The zero-order valence-electron chi connectivity index (χ0n) is 11.0. The summed E-state index contributed by atoms with van der Waals surface area (Å²) >= 11 is 11.8. The lowest BCUT2D eigenvalue weighted by atomic mass is 10.3. The van der Waals surface area contributed by atoms with Gasteiger partial charge in [-0.1, -0.05) is 23.2 Å². The lowest BCUT2D eigenvalue weighted by Crippen LogP contribution is -2.36. The SMILES string of the molecule is COCC(O)CN(C)S(=O)(=O)c1c(Cl)cc(N)cc1Cl. The maximum Gasteiger partial charge on any atom is 0.245 e. The topological polar surface area (TPSA) is 92.9 Å². The van der Waals surface area contributed by atoms with E-state index in [1.807, 2.05) is 0 Å². The molecule has 0 aliphatic heterocycles. The number of hydrogen-bond acceptors (Lipinski definition) is 5. The molecule has 0 fully saturated rings. The summed E-state index contributed by atoms with van der Waals surface area (Å²) in [6.45, 7) is -0.129. The van der Waals surface area contributed by atoms with Gasteiger partial charge in [-0.25, -0.2) is 8.42 Å². The Balaban J connectivity index is 3.11. The number of benzene rings is 1. The van der Waals surface area contributed by atoms with Crippen molar-refractivity contribution in [3.05, 3.63) is 22.2 Å². The number of aliphatic hydroxyl groups is 1. The van der Waals surface area contributed by atoms with Crippen LogP contribution in [0.1, 0.15) is 0 Å². The molecule has 0 bridgehead atoms. The van der Waals surface area contributed by atoms with Gasteiger partial charge in [-0.2, -0.15) is 4.31 Å². The zero-order chi connectivity index (χ0) is 15.5. The van der Waals surface area contributed by atoms with Crippen LogP contribution in [0, 0.1) is 0 Å². The van der Waals surface area contributed by atoms with Gasteiger partial charge in [0.05, 0.1) is 22.8 Å². The van der Waals surface area contributed by atoms with Gasteiger partial charge < -0.3 is 15.6 Å². The van der Waals surface area contributed by atoms with E-state index in [1.54, 1.807) is 0 Å². The molecule has 0 amide bonds. The monoisotopic (exact) mass is 342 g/mol. The third kappa shape index (κ3) is 3.97. The highest BCUT2D eigenvalue weighted by Crippen LogP contribution is 2.33. The van der Waals surface area contributed by atoms with Crippen molar-refractivity contribution in [2.24, 2.45) is 0 Å². The maximum absolute atomic E-state index is 12.4. The van der Waals surface area contributed by atoms with E-state index in [0.29, 0.717) is 0 Å². The van der Waals surface area contributed by atoms with Crippen molar-refractivity contribution in [3.63, 3.8) is 0 Å². The number of sulfonamides is 1. The highest BCUT2D eigenvalue weighted by atomic mass is 35.5.